The molecule has 3 fully saturated rings. The summed E-state index contributed by atoms with van der Waals surface area (Å²) in [4.78, 5) is 41.3. The van der Waals surface area contributed by atoms with E-state index in [1.54, 1.807) is 12.1 Å². The number of amides is 3. The van der Waals surface area contributed by atoms with E-state index in [9.17, 15) is 19.5 Å². The quantitative estimate of drug-likeness (QED) is 0.609. The molecule has 3 N–H and O–H groups in total. The molecule has 1 aromatic carbocycles. The van der Waals surface area contributed by atoms with Crippen molar-refractivity contribution in [3.05, 3.63) is 28.8 Å². The van der Waals surface area contributed by atoms with Crippen molar-refractivity contribution in [1.82, 2.24) is 10.2 Å². The second-order valence-electron chi connectivity index (χ2n) is 8.58. The highest BCUT2D eigenvalue weighted by molar-refractivity contribution is 6.34. The smallest absolute Gasteiger partial charge is 0.250 e. The average molecular weight is 450 g/mol. The molecular formula is C22H28ClN3O5. The molecule has 168 valence electrons. The number of rotatable bonds is 6. The van der Waals surface area contributed by atoms with Crippen LogP contribution in [0.4, 0.5) is 5.69 Å². The monoisotopic (exact) mass is 449 g/mol. The number of aryl methyl sites for hydroxylation is 1. The lowest BCUT2D eigenvalue weighted by Gasteiger charge is -2.36. The van der Waals surface area contributed by atoms with Crippen molar-refractivity contribution < 1.29 is 24.2 Å². The molecule has 8 nitrogen and oxygen atoms in total. The van der Waals surface area contributed by atoms with Gasteiger partial charge < -0.3 is 25.4 Å². The van der Waals surface area contributed by atoms with Gasteiger partial charge in [0, 0.05) is 7.05 Å². The lowest BCUT2D eigenvalue weighted by atomic mass is 9.70. The van der Waals surface area contributed by atoms with Crippen LogP contribution in [-0.2, 0) is 19.1 Å². The first-order valence-electron chi connectivity index (χ1n) is 10.7. The average Bonchev–Trinajstić information content (AvgIpc) is 3.39. The number of aliphatic hydroxyl groups is 1. The summed E-state index contributed by atoms with van der Waals surface area (Å²) < 4.78 is 6.29. The van der Waals surface area contributed by atoms with Gasteiger partial charge in [-0.2, -0.15) is 0 Å². The molecule has 3 aliphatic heterocycles. The van der Waals surface area contributed by atoms with E-state index in [0.717, 1.165) is 5.56 Å². The first kappa shape index (κ1) is 22.0. The molecule has 0 aliphatic carbocycles. The normalized spacial score (nSPS) is 32.2. The third-order valence-corrected chi connectivity index (χ3v) is 7.40. The van der Waals surface area contributed by atoms with Gasteiger partial charge in [-0.15, -0.1) is 0 Å². The summed E-state index contributed by atoms with van der Waals surface area (Å²) in [5.74, 6) is -2.39. The summed E-state index contributed by atoms with van der Waals surface area (Å²) in [6.45, 7) is 3.40. The third-order valence-electron chi connectivity index (χ3n) is 7.08. The first-order chi connectivity index (χ1) is 14.8. The molecule has 31 heavy (non-hydrogen) atoms. The fourth-order valence-corrected chi connectivity index (χ4v) is 5.92. The van der Waals surface area contributed by atoms with Crippen molar-refractivity contribution >= 4 is 35.0 Å². The number of aliphatic hydroxyl groups excluding tert-OH is 1. The largest absolute Gasteiger partial charge is 0.394 e. The van der Waals surface area contributed by atoms with Gasteiger partial charge in [0.25, 0.3) is 0 Å². The molecule has 9 heteroatoms. The van der Waals surface area contributed by atoms with Gasteiger partial charge >= 0.3 is 0 Å². The van der Waals surface area contributed by atoms with Crippen LogP contribution < -0.4 is 10.6 Å². The highest BCUT2D eigenvalue weighted by atomic mass is 35.5. The number of benzene rings is 1. The molecule has 3 saturated heterocycles. The Morgan fingerprint density at radius 3 is 2.74 bits per heavy atom. The summed E-state index contributed by atoms with van der Waals surface area (Å²) in [5.41, 5.74) is 0.175. The fourth-order valence-electron chi connectivity index (χ4n) is 5.65. The van der Waals surface area contributed by atoms with E-state index < -0.39 is 41.5 Å². The highest BCUT2D eigenvalue weighted by Gasteiger charge is 2.74. The lowest BCUT2D eigenvalue weighted by molar-refractivity contribution is -0.144. The number of anilines is 1. The van der Waals surface area contributed by atoms with Crippen molar-refractivity contribution in [2.24, 2.45) is 11.8 Å². The number of carbonyl (C=O) groups excluding carboxylic acids is 3. The van der Waals surface area contributed by atoms with Crippen LogP contribution in [0.2, 0.25) is 5.02 Å². The van der Waals surface area contributed by atoms with Crippen molar-refractivity contribution in [1.29, 1.82) is 0 Å². The van der Waals surface area contributed by atoms with E-state index in [-0.39, 0.29) is 18.4 Å². The molecule has 6 atom stereocenters. The SMILES string of the molecule is CC[C@@H](CO)N1C(=O)[C@@H]2[C@@H](C(=O)NC)[C@H]3CCC2(O3)C1C(=O)Nc1c(C)cccc1Cl. The van der Waals surface area contributed by atoms with Crippen LogP contribution in [-0.4, -0.2) is 65.2 Å². The van der Waals surface area contributed by atoms with Gasteiger partial charge in [0.1, 0.15) is 11.6 Å². The summed E-state index contributed by atoms with van der Waals surface area (Å²) in [6.07, 6.45) is 1.16. The van der Waals surface area contributed by atoms with Crippen molar-refractivity contribution in [2.75, 3.05) is 19.0 Å². The maximum atomic E-state index is 13.7. The van der Waals surface area contributed by atoms with Gasteiger partial charge in [0.15, 0.2) is 0 Å². The van der Waals surface area contributed by atoms with E-state index in [0.29, 0.717) is 30.0 Å². The van der Waals surface area contributed by atoms with Gasteiger partial charge in [-0.3, -0.25) is 14.4 Å². The predicted molar refractivity (Wildman–Crippen MR) is 115 cm³/mol. The molecule has 1 spiro atoms. The van der Waals surface area contributed by atoms with E-state index in [1.807, 2.05) is 19.9 Å². The lowest BCUT2D eigenvalue weighted by Crippen LogP contribution is -2.56. The van der Waals surface area contributed by atoms with Crippen LogP contribution in [0.25, 0.3) is 0 Å². The Hall–Kier alpha value is -2.16. The van der Waals surface area contributed by atoms with Gasteiger partial charge in [0.2, 0.25) is 17.7 Å². The van der Waals surface area contributed by atoms with Crippen molar-refractivity contribution in [2.45, 2.75) is 56.9 Å². The maximum absolute atomic E-state index is 13.7. The van der Waals surface area contributed by atoms with Crippen LogP contribution >= 0.6 is 11.6 Å². The number of likely N-dealkylation sites (tertiary alicyclic amines) is 1. The molecular weight excluding hydrogens is 422 g/mol. The summed E-state index contributed by atoms with van der Waals surface area (Å²) in [7, 11) is 1.53. The maximum Gasteiger partial charge on any atom is 0.250 e. The van der Waals surface area contributed by atoms with E-state index in [2.05, 4.69) is 10.6 Å². The molecule has 0 aromatic heterocycles. The number of hydrogen-bond donors (Lipinski definition) is 3. The third kappa shape index (κ3) is 3.15. The number of nitrogens with one attached hydrogen (secondary N) is 2. The van der Waals surface area contributed by atoms with E-state index in [4.69, 9.17) is 16.3 Å². The van der Waals surface area contributed by atoms with Gasteiger partial charge in [-0.25, -0.2) is 0 Å². The first-order valence-corrected chi connectivity index (χ1v) is 11.1. The minimum absolute atomic E-state index is 0.259. The minimum atomic E-state index is -1.10. The Balaban J connectivity index is 1.77. The van der Waals surface area contributed by atoms with Crippen LogP contribution in [0.3, 0.4) is 0 Å². The Bertz CT molecular complexity index is 900. The molecule has 2 unspecified atom stereocenters. The van der Waals surface area contributed by atoms with E-state index in [1.165, 1.54) is 11.9 Å². The Morgan fingerprint density at radius 1 is 1.39 bits per heavy atom. The number of para-hydroxylation sites is 1. The Kier molecular flexibility index (Phi) is 5.74. The fraction of sp³-hybridized carbons (Fsp3) is 0.591. The molecule has 3 heterocycles. The number of nitrogens with zero attached hydrogens (tertiary/aromatic N) is 1. The van der Waals surface area contributed by atoms with Gasteiger partial charge in [0.05, 0.1) is 41.3 Å². The molecule has 0 radical (unpaired) electrons. The highest BCUT2D eigenvalue weighted by Crippen LogP contribution is 2.59. The zero-order chi connectivity index (χ0) is 22.5. The molecule has 4 rings (SSSR count). The molecule has 1 aromatic rings. The second-order valence-corrected chi connectivity index (χ2v) is 8.99. The van der Waals surface area contributed by atoms with Crippen LogP contribution in [0.15, 0.2) is 18.2 Å². The molecule has 0 saturated carbocycles. The zero-order valence-electron chi connectivity index (χ0n) is 17.9. The van der Waals surface area contributed by atoms with E-state index >= 15 is 0 Å². The van der Waals surface area contributed by atoms with Crippen molar-refractivity contribution in [3.8, 4) is 0 Å². The van der Waals surface area contributed by atoms with Gasteiger partial charge in [-0.1, -0.05) is 30.7 Å². The standard InChI is InChI=1S/C22H28ClN3O5/c1-4-12(10-27)26-18(20(29)25-17-11(2)6-5-7-13(17)23)22-9-8-14(31-22)15(19(28)24-3)16(22)21(26)30/h5-7,12,14-16,18,27H,4,8-10H2,1-3H3,(H,24,28)(H,25,29)/t12-,14+,15-,16-,18?,22?/m0/s1. The number of carbonyl (C=O) groups is 3. The summed E-state index contributed by atoms with van der Waals surface area (Å²) in [5, 5.41) is 15.9. The number of hydrogen-bond acceptors (Lipinski definition) is 5. The zero-order valence-corrected chi connectivity index (χ0v) is 18.6. The van der Waals surface area contributed by atoms with Crippen LogP contribution in [0, 0.1) is 18.8 Å². The van der Waals surface area contributed by atoms with Crippen LogP contribution in [0.5, 0.6) is 0 Å². The predicted octanol–water partition coefficient (Wildman–Crippen LogP) is 1.48. The summed E-state index contributed by atoms with van der Waals surface area (Å²) >= 11 is 6.31. The molecule has 3 aliphatic rings. The molecule has 2 bridgehead atoms. The second kappa shape index (κ2) is 8.07. The number of fused-ring (bicyclic) bond motifs is 1. The summed E-state index contributed by atoms with van der Waals surface area (Å²) in [6, 6.07) is 3.80. The van der Waals surface area contributed by atoms with Crippen molar-refractivity contribution in [3.63, 3.8) is 0 Å². The number of halogens is 1. The topological polar surface area (TPSA) is 108 Å². The Morgan fingerprint density at radius 2 is 2.13 bits per heavy atom. The van der Waals surface area contributed by atoms with Gasteiger partial charge in [-0.05, 0) is 37.8 Å². The minimum Gasteiger partial charge on any atom is -0.394 e. The van der Waals surface area contributed by atoms with Crippen LogP contribution in [0.1, 0.15) is 31.7 Å². The molecule has 3 amide bonds. The number of ether oxygens (including phenoxy) is 1. The Labute approximate surface area is 186 Å².